The van der Waals surface area contributed by atoms with Crippen molar-refractivity contribution < 1.29 is 9.53 Å². The van der Waals surface area contributed by atoms with Gasteiger partial charge in [-0.2, -0.15) is 0 Å². The first-order valence-corrected chi connectivity index (χ1v) is 10.6. The molecule has 5 heteroatoms. The third-order valence-electron chi connectivity index (χ3n) is 5.52. The van der Waals surface area contributed by atoms with Crippen molar-refractivity contribution >= 4 is 5.91 Å². The second-order valence-electron chi connectivity index (χ2n) is 7.86. The highest BCUT2D eigenvalue weighted by atomic mass is 16.5. The zero-order valence-electron chi connectivity index (χ0n) is 18.1. The molecule has 0 bridgehead atoms. The van der Waals surface area contributed by atoms with Gasteiger partial charge in [-0.3, -0.25) is 14.7 Å². The molecular formula is C24H33N3O2. The molecule has 0 aliphatic carbocycles. The van der Waals surface area contributed by atoms with E-state index >= 15 is 0 Å². The molecule has 0 saturated carbocycles. The number of rotatable bonds is 7. The SMILES string of the molecule is CCN(CC)C(=O)CN1CCOC(c2cc(Cc3ccc(C)cc3)cc(C)n2)C1. The molecule has 1 aromatic heterocycles. The summed E-state index contributed by atoms with van der Waals surface area (Å²) >= 11 is 0. The van der Waals surface area contributed by atoms with Crippen LogP contribution in [0.25, 0.3) is 0 Å². The van der Waals surface area contributed by atoms with Crippen LogP contribution < -0.4 is 0 Å². The van der Waals surface area contributed by atoms with E-state index in [0.717, 1.165) is 37.4 Å². The number of ether oxygens (including phenoxy) is 1. The second kappa shape index (κ2) is 9.99. The predicted molar refractivity (Wildman–Crippen MR) is 116 cm³/mol. The number of hydrogen-bond acceptors (Lipinski definition) is 4. The fourth-order valence-electron chi connectivity index (χ4n) is 3.87. The van der Waals surface area contributed by atoms with Crippen molar-refractivity contribution in [3.63, 3.8) is 0 Å². The molecule has 29 heavy (non-hydrogen) atoms. The van der Waals surface area contributed by atoms with E-state index in [1.54, 1.807) is 0 Å². The summed E-state index contributed by atoms with van der Waals surface area (Å²) in [6.07, 6.45) is 0.790. The van der Waals surface area contributed by atoms with Gasteiger partial charge >= 0.3 is 0 Å². The van der Waals surface area contributed by atoms with Crippen molar-refractivity contribution in [2.45, 2.75) is 40.2 Å². The topological polar surface area (TPSA) is 45.7 Å². The van der Waals surface area contributed by atoms with Gasteiger partial charge in [-0.05, 0) is 57.4 Å². The normalized spacial score (nSPS) is 17.3. The van der Waals surface area contributed by atoms with Crippen LogP contribution in [0.2, 0.25) is 0 Å². The summed E-state index contributed by atoms with van der Waals surface area (Å²) in [7, 11) is 0. The van der Waals surface area contributed by atoms with Gasteiger partial charge in [-0.25, -0.2) is 0 Å². The standard InChI is InChI=1S/C24H33N3O2/c1-5-27(6-2)24(28)17-26-11-12-29-23(16-26)22-15-21(13-19(4)25-22)14-20-9-7-18(3)8-10-20/h7-10,13,15,23H,5-6,11-12,14,16-17H2,1-4H3. The van der Waals surface area contributed by atoms with Gasteiger partial charge < -0.3 is 9.64 Å². The molecular weight excluding hydrogens is 362 g/mol. The number of nitrogens with zero attached hydrogens (tertiary/aromatic N) is 3. The molecule has 1 aromatic carbocycles. The Labute approximate surface area is 174 Å². The minimum Gasteiger partial charge on any atom is -0.369 e. The summed E-state index contributed by atoms with van der Waals surface area (Å²) in [5.74, 6) is 0.188. The molecule has 5 nitrogen and oxygen atoms in total. The van der Waals surface area contributed by atoms with E-state index in [-0.39, 0.29) is 12.0 Å². The van der Waals surface area contributed by atoms with E-state index in [9.17, 15) is 4.79 Å². The third kappa shape index (κ3) is 5.87. The van der Waals surface area contributed by atoms with Gasteiger partial charge in [0.05, 0.1) is 18.8 Å². The minimum absolute atomic E-state index is 0.0927. The Balaban J connectivity index is 1.70. The quantitative estimate of drug-likeness (QED) is 0.719. The van der Waals surface area contributed by atoms with Crippen LogP contribution in [0.5, 0.6) is 0 Å². The Morgan fingerprint density at radius 1 is 1.14 bits per heavy atom. The molecule has 0 radical (unpaired) electrons. The van der Waals surface area contributed by atoms with Gasteiger partial charge in [0.15, 0.2) is 0 Å². The summed E-state index contributed by atoms with van der Waals surface area (Å²) in [5, 5.41) is 0. The third-order valence-corrected chi connectivity index (χ3v) is 5.52. The highest BCUT2D eigenvalue weighted by molar-refractivity contribution is 5.78. The number of likely N-dealkylation sites (N-methyl/N-ethyl adjacent to an activating group) is 1. The molecule has 1 unspecified atom stereocenters. The largest absolute Gasteiger partial charge is 0.369 e. The van der Waals surface area contributed by atoms with E-state index in [0.29, 0.717) is 19.7 Å². The van der Waals surface area contributed by atoms with Crippen LogP contribution in [0.15, 0.2) is 36.4 Å². The van der Waals surface area contributed by atoms with E-state index in [4.69, 9.17) is 9.72 Å². The van der Waals surface area contributed by atoms with Gasteiger partial charge in [-0.15, -0.1) is 0 Å². The van der Waals surface area contributed by atoms with Crippen LogP contribution in [-0.2, 0) is 16.0 Å². The maximum absolute atomic E-state index is 12.5. The maximum Gasteiger partial charge on any atom is 0.236 e. The first-order valence-electron chi connectivity index (χ1n) is 10.6. The van der Waals surface area contributed by atoms with Crippen LogP contribution in [0.3, 0.4) is 0 Å². The minimum atomic E-state index is -0.0927. The van der Waals surface area contributed by atoms with Crippen molar-refractivity contribution in [3.8, 4) is 0 Å². The van der Waals surface area contributed by atoms with Crippen molar-refractivity contribution in [1.82, 2.24) is 14.8 Å². The average molecular weight is 396 g/mol. The molecule has 0 spiro atoms. The van der Waals surface area contributed by atoms with Gasteiger partial charge in [0.1, 0.15) is 6.10 Å². The van der Waals surface area contributed by atoms with Crippen LogP contribution in [0.1, 0.15) is 48.0 Å². The zero-order valence-corrected chi connectivity index (χ0v) is 18.1. The number of aromatic nitrogens is 1. The number of benzene rings is 1. The van der Waals surface area contributed by atoms with Gasteiger partial charge in [0.2, 0.25) is 5.91 Å². The molecule has 1 saturated heterocycles. The molecule has 3 rings (SSSR count). The van der Waals surface area contributed by atoms with E-state index in [1.807, 2.05) is 25.7 Å². The first-order chi connectivity index (χ1) is 14.0. The summed E-state index contributed by atoms with van der Waals surface area (Å²) in [6.45, 7) is 12.3. The molecule has 156 valence electrons. The molecule has 1 aliphatic rings. The van der Waals surface area contributed by atoms with E-state index in [1.165, 1.54) is 16.7 Å². The summed E-state index contributed by atoms with van der Waals surface area (Å²) in [5.41, 5.74) is 5.78. The Morgan fingerprint density at radius 2 is 1.86 bits per heavy atom. The summed E-state index contributed by atoms with van der Waals surface area (Å²) in [4.78, 5) is 21.3. The molecule has 2 heterocycles. The molecule has 1 atom stereocenters. The Bertz CT molecular complexity index is 815. The smallest absolute Gasteiger partial charge is 0.236 e. The van der Waals surface area contributed by atoms with Crippen LogP contribution in [-0.4, -0.2) is 60.0 Å². The van der Waals surface area contributed by atoms with Crippen LogP contribution >= 0.6 is 0 Å². The fourth-order valence-corrected chi connectivity index (χ4v) is 3.87. The van der Waals surface area contributed by atoms with Crippen LogP contribution in [0.4, 0.5) is 0 Å². The maximum atomic E-state index is 12.5. The van der Waals surface area contributed by atoms with Crippen molar-refractivity contribution in [1.29, 1.82) is 0 Å². The van der Waals surface area contributed by atoms with E-state index in [2.05, 4.69) is 48.2 Å². The molecule has 1 amide bonds. The number of aryl methyl sites for hydroxylation is 2. The molecule has 0 N–H and O–H groups in total. The predicted octanol–water partition coefficient (Wildman–Crippen LogP) is 3.53. The number of amides is 1. The monoisotopic (exact) mass is 395 g/mol. The zero-order chi connectivity index (χ0) is 20.8. The lowest BCUT2D eigenvalue weighted by Crippen LogP contribution is -2.45. The lowest BCUT2D eigenvalue weighted by atomic mass is 10.0. The first kappa shape index (κ1) is 21.5. The van der Waals surface area contributed by atoms with Crippen molar-refractivity contribution in [3.05, 3.63) is 64.5 Å². The summed E-state index contributed by atoms with van der Waals surface area (Å²) < 4.78 is 6.04. The Hall–Kier alpha value is -2.24. The lowest BCUT2D eigenvalue weighted by molar-refractivity contribution is -0.134. The Kier molecular flexibility index (Phi) is 7.40. The number of carbonyl (C=O) groups excluding carboxylic acids is 1. The van der Waals surface area contributed by atoms with Crippen LogP contribution in [0, 0.1) is 13.8 Å². The van der Waals surface area contributed by atoms with Gasteiger partial charge in [0.25, 0.3) is 0 Å². The molecule has 2 aromatic rings. The van der Waals surface area contributed by atoms with Gasteiger partial charge in [-0.1, -0.05) is 29.8 Å². The average Bonchev–Trinajstić information content (AvgIpc) is 2.70. The Morgan fingerprint density at radius 3 is 2.55 bits per heavy atom. The van der Waals surface area contributed by atoms with Crippen molar-refractivity contribution in [2.24, 2.45) is 0 Å². The lowest BCUT2D eigenvalue weighted by Gasteiger charge is -2.33. The second-order valence-corrected chi connectivity index (χ2v) is 7.86. The fraction of sp³-hybridized carbons (Fsp3) is 0.500. The molecule has 1 fully saturated rings. The number of carbonyl (C=O) groups is 1. The summed E-state index contributed by atoms with van der Waals surface area (Å²) in [6, 6.07) is 13.0. The number of hydrogen-bond donors (Lipinski definition) is 0. The van der Waals surface area contributed by atoms with E-state index < -0.39 is 0 Å². The molecule has 1 aliphatic heterocycles. The van der Waals surface area contributed by atoms with Crippen molar-refractivity contribution in [2.75, 3.05) is 39.3 Å². The van der Waals surface area contributed by atoms with Gasteiger partial charge in [0, 0.05) is 31.9 Å². The number of pyridine rings is 1. The number of morpholine rings is 1. The highest BCUT2D eigenvalue weighted by Crippen LogP contribution is 2.23. The highest BCUT2D eigenvalue weighted by Gasteiger charge is 2.26.